The molecule has 0 unspecified atom stereocenters. The van der Waals surface area contributed by atoms with E-state index < -0.39 is 0 Å². The number of nitrogen functional groups attached to an aromatic ring is 1. The molecule has 36 heavy (non-hydrogen) atoms. The zero-order chi connectivity index (χ0) is 25.1. The van der Waals surface area contributed by atoms with E-state index in [1.807, 2.05) is 35.0 Å². The summed E-state index contributed by atoms with van der Waals surface area (Å²) in [4.78, 5) is 16.3. The van der Waals surface area contributed by atoms with Gasteiger partial charge < -0.3 is 15.2 Å². The van der Waals surface area contributed by atoms with Gasteiger partial charge in [-0.3, -0.25) is 9.48 Å². The van der Waals surface area contributed by atoms with E-state index in [1.54, 1.807) is 13.1 Å². The van der Waals surface area contributed by atoms with Crippen molar-refractivity contribution in [2.24, 2.45) is 0 Å². The first-order valence-corrected chi connectivity index (χ1v) is 12.1. The van der Waals surface area contributed by atoms with E-state index in [2.05, 4.69) is 48.3 Å². The molecule has 2 heterocycles. The number of fused-ring (bicyclic) bond motifs is 2. The maximum atomic E-state index is 12.0. The number of para-hydroxylation sites is 1. The molecule has 7 nitrogen and oxygen atoms in total. The van der Waals surface area contributed by atoms with Crippen LogP contribution in [-0.2, 0) is 29.1 Å². The number of benzene rings is 3. The highest BCUT2D eigenvalue weighted by atomic mass is 16.5. The van der Waals surface area contributed by atoms with Gasteiger partial charge in [0.15, 0.2) is 0 Å². The number of aromatic nitrogens is 3. The first-order valence-electron chi connectivity index (χ1n) is 12.1. The highest BCUT2D eigenvalue weighted by Gasteiger charge is 2.15. The van der Waals surface area contributed by atoms with Crippen LogP contribution in [0.15, 0.2) is 72.9 Å². The molecule has 5 aromatic rings. The number of carbonyl (C=O) groups excluding carboxylic acids is 1. The molecule has 5 rings (SSSR count). The normalized spacial score (nSPS) is 11.2. The van der Waals surface area contributed by atoms with Crippen LogP contribution in [0, 0.1) is 0 Å². The van der Waals surface area contributed by atoms with Gasteiger partial charge in [0.05, 0.1) is 18.5 Å². The molecule has 182 valence electrons. The maximum absolute atomic E-state index is 12.0. The van der Waals surface area contributed by atoms with Crippen molar-refractivity contribution < 1.29 is 14.3 Å². The number of hydrogen-bond donors (Lipinski definition) is 1. The van der Waals surface area contributed by atoms with E-state index in [9.17, 15) is 4.79 Å². The van der Waals surface area contributed by atoms with Crippen LogP contribution in [0.4, 0.5) is 5.82 Å². The zero-order valence-corrected chi connectivity index (χ0v) is 20.4. The zero-order valence-electron chi connectivity index (χ0n) is 20.4. The summed E-state index contributed by atoms with van der Waals surface area (Å²) < 4.78 is 13.3. The molecule has 3 aromatic carbocycles. The molecule has 0 atom stereocenters. The van der Waals surface area contributed by atoms with Crippen LogP contribution >= 0.6 is 0 Å². The Labute approximate surface area is 209 Å². The Balaban J connectivity index is 1.47. The standard InChI is InChI=1S/C29H28N4O3/c1-3-33-26-12-11-21(20-10-9-19-13-14-31-29(30)23(19)15-20)16-24(26)25(32-33)18-36-27-8-6-5-7-22(27)17-28(34)35-4-2/h5-16H,3-4,17-18H2,1-2H3,(H2,30,31). The lowest BCUT2D eigenvalue weighted by molar-refractivity contribution is -0.142. The lowest BCUT2D eigenvalue weighted by Gasteiger charge is -2.10. The summed E-state index contributed by atoms with van der Waals surface area (Å²) in [7, 11) is 0. The molecule has 0 saturated carbocycles. The lowest BCUT2D eigenvalue weighted by Crippen LogP contribution is -2.09. The Morgan fingerprint density at radius 2 is 1.75 bits per heavy atom. The first-order chi connectivity index (χ1) is 17.6. The van der Waals surface area contributed by atoms with Gasteiger partial charge in [-0.05, 0) is 60.7 Å². The predicted molar refractivity (Wildman–Crippen MR) is 142 cm³/mol. The number of anilines is 1. The molecule has 0 aliphatic heterocycles. The highest BCUT2D eigenvalue weighted by Crippen LogP contribution is 2.31. The van der Waals surface area contributed by atoms with Gasteiger partial charge in [0.25, 0.3) is 0 Å². The second-order valence-corrected chi connectivity index (χ2v) is 8.50. The molecule has 0 saturated heterocycles. The minimum atomic E-state index is -0.273. The lowest BCUT2D eigenvalue weighted by atomic mass is 10.00. The van der Waals surface area contributed by atoms with E-state index in [0.29, 0.717) is 18.2 Å². The topological polar surface area (TPSA) is 92.3 Å². The fourth-order valence-corrected chi connectivity index (χ4v) is 4.45. The van der Waals surface area contributed by atoms with Crippen LogP contribution < -0.4 is 10.5 Å². The Bertz CT molecular complexity index is 1560. The average molecular weight is 481 g/mol. The summed E-state index contributed by atoms with van der Waals surface area (Å²) >= 11 is 0. The van der Waals surface area contributed by atoms with Crippen molar-refractivity contribution in [2.45, 2.75) is 33.4 Å². The molecular formula is C29H28N4O3. The van der Waals surface area contributed by atoms with Gasteiger partial charge in [0.2, 0.25) is 0 Å². The van der Waals surface area contributed by atoms with Crippen molar-refractivity contribution in [1.82, 2.24) is 14.8 Å². The van der Waals surface area contributed by atoms with Crippen LogP contribution in [0.2, 0.25) is 0 Å². The van der Waals surface area contributed by atoms with Gasteiger partial charge in [0, 0.05) is 29.1 Å². The second-order valence-electron chi connectivity index (χ2n) is 8.50. The minimum absolute atomic E-state index is 0.165. The van der Waals surface area contributed by atoms with Crippen molar-refractivity contribution in [1.29, 1.82) is 0 Å². The molecule has 0 bridgehead atoms. The molecule has 0 radical (unpaired) electrons. The number of aryl methyl sites for hydroxylation is 1. The van der Waals surface area contributed by atoms with Crippen molar-refractivity contribution in [2.75, 3.05) is 12.3 Å². The first kappa shape index (κ1) is 23.4. The summed E-state index contributed by atoms with van der Waals surface area (Å²) in [5.41, 5.74) is 10.9. The number of nitrogens with zero attached hydrogens (tertiary/aromatic N) is 3. The Hall–Kier alpha value is -4.39. The van der Waals surface area contributed by atoms with Gasteiger partial charge in [0.1, 0.15) is 23.9 Å². The number of pyridine rings is 1. The fourth-order valence-electron chi connectivity index (χ4n) is 4.45. The smallest absolute Gasteiger partial charge is 0.310 e. The molecule has 0 amide bonds. The van der Waals surface area contributed by atoms with Gasteiger partial charge in [-0.15, -0.1) is 0 Å². The quantitative estimate of drug-likeness (QED) is 0.293. The predicted octanol–water partition coefficient (Wildman–Crippen LogP) is 5.54. The van der Waals surface area contributed by atoms with Crippen LogP contribution in [-0.4, -0.2) is 27.3 Å². The summed E-state index contributed by atoms with van der Waals surface area (Å²) in [6.07, 6.45) is 1.89. The number of ether oxygens (including phenoxy) is 2. The number of carbonyl (C=O) groups is 1. The minimum Gasteiger partial charge on any atom is -0.487 e. The van der Waals surface area contributed by atoms with Crippen LogP contribution in [0.3, 0.4) is 0 Å². The van der Waals surface area contributed by atoms with E-state index in [-0.39, 0.29) is 19.0 Å². The third-order valence-corrected chi connectivity index (χ3v) is 6.23. The Morgan fingerprint density at radius 3 is 2.56 bits per heavy atom. The Kier molecular flexibility index (Phi) is 6.54. The number of nitrogens with two attached hydrogens (primary N) is 1. The van der Waals surface area contributed by atoms with E-state index in [0.717, 1.165) is 50.6 Å². The van der Waals surface area contributed by atoms with Gasteiger partial charge >= 0.3 is 5.97 Å². The number of rotatable bonds is 8. The van der Waals surface area contributed by atoms with Crippen LogP contribution in [0.5, 0.6) is 5.75 Å². The molecular weight excluding hydrogens is 452 g/mol. The van der Waals surface area contributed by atoms with Crippen LogP contribution in [0.1, 0.15) is 25.1 Å². The number of esters is 1. The third-order valence-electron chi connectivity index (χ3n) is 6.23. The SMILES string of the molecule is CCOC(=O)Cc1ccccc1OCc1nn(CC)c2ccc(-c3ccc4ccnc(N)c4c3)cc12. The maximum Gasteiger partial charge on any atom is 0.310 e. The largest absolute Gasteiger partial charge is 0.487 e. The van der Waals surface area contributed by atoms with E-state index in [4.69, 9.17) is 20.3 Å². The second kappa shape index (κ2) is 10.1. The summed E-state index contributed by atoms with van der Waals surface area (Å²) in [6, 6.07) is 22.1. The molecule has 0 aliphatic carbocycles. The molecule has 7 heteroatoms. The van der Waals surface area contributed by atoms with Crippen molar-refractivity contribution in [3.05, 3.63) is 84.2 Å². The van der Waals surface area contributed by atoms with Crippen LogP contribution in [0.25, 0.3) is 32.8 Å². The van der Waals surface area contributed by atoms with Gasteiger partial charge in [-0.2, -0.15) is 5.10 Å². The Morgan fingerprint density at radius 1 is 0.972 bits per heavy atom. The summed E-state index contributed by atoms with van der Waals surface area (Å²) in [5.74, 6) is 0.897. The van der Waals surface area contributed by atoms with Crippen molar-refractivity contribution in [3.63, 3.8) is 0 Å². The summed E-state index contributed by atoms with van der Waals surface area (Å²) in [5, 5.41) is 7.83. The summed E-state index contributed by atoms with van der Waals surface area (Å²) in [6.45, 7) is 5.24. The molecule has 0 aliphatic rings. The molecule has 2 aromatic heterocycles. The van der Waals surface area contributed by atoms with Gasteiger partial charge in [-0.25, -0.2) is 4.98 Å². The van der Waals surface area contributed by atoms with Crippen molar-refractivity contribution in [3.8, 4) is 16.9 Å². The van der Waals surface area contributed by atoms with E-state index >= 15 is 0 Å². The highest BCUT2D eigenvalue weighted by molar-refractivity contribution is 5.95. The molecule has 2 N–H and O–H groups in total. The fraction of sp³-hybridized carbons (Fsp3) is 0.207. The third kappa shape index (κ3) is 4.60. The average Bonchev–Trinajstić information content (AvgIpc) is 3.25. The van der Waals surface area contributed by atoms with E-state index in [1.165, 1.54) is 0 Å². The molecule has 0 spiro atoms. The molecule has 0 fully saturated rings. The van der Waals surface area contributed by atoms with Crippen molar-refractivity contribution >= 4 is 33.5 Å². The number of hydrogen-bond acceptors (Lipinski definition) is 6. The van der Waals surface area contributed by atoms with Gasteiger partial charge in [-0.1, -0.05) is 36.4 Å². The monoisotopic (exact) mass is 480 g/mol.